The van der Waals surface area contributed by atoms with Crippen LogP contribution in [0.25, 0.3) is 0 Å². The SMILES string of the molecule is C[C@H]1C[C@H](C)C(=O)[C@@H]([C@@H]2C[C@@H](CC(N)=O)CC(=O)O2)C1. The molecule has 0 bridgehead atoms. The van der Waals surface area contributed by atoms with Crippen molar-refractivity contribution < 1.29 is 19.1 Å². The van der Waals surface area contributed by atoms with Gasteiger partial charge in [-0.3, -0.25) is 14.4 Å². The number of esters is 1. The van der Waals surface area contributed by atoms with E-state index in [1.165, 1.54) is 0 Å². The minimum atomic E-state index is -0.403. The first-order valence-electron chi connectivity index (χ1n) is 7.38. The first-order chi connectivity index (χ1) is 9.36. The molecular formula is C15H23NO4. The van der Waals surface area contributed by atoms with Gasteiger partial charge in [-0.05, 0) is 31.1 Å². The van der Waals surface area contributed by atoms with Crippen LogP contribution in [0.1, 0.15) is 46.0 Å². The van der Waals surface area contributed by atoms with E-state index in [-0.39, 0.29) is 48.5 Å². The quantitative estimate of drug-likeness (QED) is 0.793. The summed E-state index contributed by atoms with van der Waals surface area (Å²) in [7, 11) is 0. The molecule has 1 saturated heterocycles. The average Bonchev–Trinajstić information content (AvgIpc) is 2.32. The number of hydrogen-bond donors (Lipinski definition) is 1. The summed E-state index contributed by atoms with van der Waals surface area (Å²) in [4.78, 5) is 35.0. The van der Waals surface area contributed by atoms with E-state index in [9.17, 15) is 14.4 Å². The molecule has 5 heteroatoms. The summed E-state index contributed by atoms with van der Waals surface area (Å²) in [5.41, 5.74) is 5.21. The Morgan fingerprint density at radius 2 is 1.95 bits per heavy atom. The van der Waals surface area contributed by atoms with Crippen molar-refractivity contribution in [3.05, 3.63) is 0 Å². The lowest BCUT2D eigenvalue weighted by atomic mass is 9.71. The molecule has 2 aliphatic rings. The highest BCUT2D eigenvalue weighted by Crippen LogP contribution is 2.37. The van der Waals surface area contributed by atoms with Crippen LogP contribution < -0.4 is 5.73 Å². The van der Waals surface area contributed by atoms with Gasteiger partial charge in [0.2, 0.25) is 5.91 Å². The zero-order chi connectivity index (χ0) is 14.9. The monoisotopic (exact) mass is 281 g/mol. The third kappa shape index (κ3) is 3.38. The van der Waals surface area contributed by atoms with Crippen molar-refractivity contribution in [2.24, 2.45) is 29.4 Å². The van der Waals surface area contributed by atoms with Crippen LogP contribution in [0.4, 0.5) is 0 Å². The van der Waals surface area contributed by atoms with Crippen molar-refractivity contribution in [3.8, 4) is 0 Å². The molecule has 0 spiro atoms. The number of nitrogens with two attached hydrogens (primary N) is 1. The molecule has 1 aliphatic heterocycles. The minimum Gasteiger partial charge on any atom is -0.462 e. The predicted octanol–water partition coefficient (Wildman–Crippen LogP) is 1.43. The van der Waals surface area contributed by atoms with E-state index in [0.29, 0.717) is 12.3 Å². The number of carbonyl (C=O) groups excluding carboxylic acids is 3. The lowest BCUT2D eigenvalue weighted by Crippen LogP contribution is -2.44. The van der Waals surface area contributed by atoms with Crippen LogP contribution in [0.15, 0.2) is 0 Å². The number of Topliss-reactive ketones (excluding diaryl/α,β-unsaturated/α-hetero) is 1. The van der Waals surface area contributed by atoms with Gasteiger partial charge in [0.25, 0.3) is 0 Å². The second-order valence-electron chi connectivity index (χ2n) is 6.49. The maximum absolute atomic E-state index is 12.3. The van der Waals surface area contributed by atoms with Gasteiger partial charge in [0.05, 0.1) is 5.92 Å². The molecule has 5 atom stereocenters. The molecule has 1 aliphatic carbocycles. The summed E-state index contributed by atoms with van der Waals surface area (Å²) in [5, 5.41) is 0. The van der Waals surface area contributed by atoms with Crippen LogP contribution in [-0.4, -0.2) is 23.8 Å². The Kier molecular flexibility index (Phi) is 4.45. The fourth-order valence-corrected chi connectivity index (χ4v) is 3.67. The highest BCUT2D eigenvalue weighted by Gasteiger charge is 2.42. The summed E-state index contributed by atoms with van der Waals surface area (Å²) in [6, 6.07) is 0. The Labute approximate surface area is 119 Å². The second-order valence-corrected chi connectivity index (χ2v) is 6.49. The van der Waals surface area contributed by atoms with Crippen LogP contribution in [-0.2, 0) is 19.1 Å². The molecule has 0 aromatic carbocycles. The number of carbonyl (C=O) groups is 3. The van der Waals surface area contributed by atoms with Crippen LogP contribution in [0.3, 0.4) is 0 Å². The smallest absolute Gasteiger partial charge is 0.306 e. The lowest BCUT2D eigenvalue weighted by Gasteiger charge is -2.38. The fraction of sp³-hybridized carbons (Fsp3) is 0.800. The van der Waals surface area contributed by atoms with Crippen LogP contribution in [0, 0.1) is 23.7 Å². The normalized spacial score (nSPS) is 38.4. The van der Waals surface area contributed by atoms with Crippen molar-refractivity contribution in [2.45, 2.75) is 52.1 Å². The van der Waals surface area contributed by atoms with Gasteiger partial charge in [-0.2, -0.15) is 0 Å². The number of amides is 1. The van der Waals surface area contributed by atoms with E-state index in [1.807, 2.05) is 6.92 Å². The van der Waals surface area contributed by atoms with Crippen molar-refractivity contribution in [3.63, 3.8) is 0 Å². The molecule has 0 radical (unpaired) electrons. The first-order valence-corrected chi connectivity index (χ1v) is 7.38. The summed E-state index contributed by atoms with van der Waals surface area (Å²) < 4.78 is 5.39. The maximum atomic E-state index is 12.3. The highest BCUT2D eigenvalue weighted by molar-refractivity contribution is 5.85. The molecule has 1 saturated carbocycles. The molecule has 2 rings (SSSR count). The number of hydrogen-bond acceptors (Lipinski definition) is 4. The number of ketones is 1. The Balaban J connectivity index is 2.08. The molecule has 0 unspecified atom stereocenters. The van der Waals surface area contributed by atoms with Gasteiger partial charge in [0.15, 0.2) is 0 Å². The number of rotatable bonds is 3. The largest absolute Gasteiger partial charge is 0.462 e. The predicted molar refractivity (Wildman–Crippen MR) is 72.5 cm³/mol. The van der Waals surface area contributed by atoms with Crippen LogP contribution in [0.2, 0.25) is 0 Å². The van der Waals surface area contributed by atoms with Gasteiger partial charge in [0.1, 0.15) is 11.9 Å². The Hall–Kier alpha value is -1.39. The van der Waals surface area contributed by atoms with Crippen LogP contribution >= 0.6 is 0 Å². The van der Waals surface area contributed by atoms with Gasteiger partial charge in [-0.15, -0.1) is 0 Å². The van der Waals surface area contributed by atoms with Gasteiger partial charge < -0.3 is 10.5 Å². The number of cyclic esters (lactones) is 1. The van der Waals surface area contributed by atoms with Crippen molar-refractivity contribution in [1.29, 1.82) is 0 Å². The molecule has 0 aromatic rings. The van der Waals surface area contributed by atoms with Gasteiger partial charge in [0, 0.05) is 18.8 Å². The molecule has 112 valence electrons. The van der Waals surface area contributed by atoms with Gasteiger partial charge >= 0.3 is 5.97 Å². The number of ether oxygens (including phenoxy) is 1. The van der Waals surface area contributed by atoms with Crippen molar-refractivity contribution >= 4 is 17.7 Å². The zero-order valence-electron chi connectivity index (χ0n) is 12.1. The molecule has 2 fully saturated rings. The Morgan fingerprint density at radius 1 is 1.25 bits per heavy atom. The molecule has 1 heterocycles. The average molecular weight is 281 g/mol. The van der Waals surface area contributed by atoms with Crippen molar-refractivity contribution in [2.75, 3.05) is 0 Å². The van der Waals surface area contributed by atoms with Crippen molar-refractivity contribution in [1.82, 2.24) is 0 Å². The molecule has 2 N–H and O–H groups in total. The number of primary amides is 1. The highest BCUT2D eigenvalue weighted by atomic mass is 16.5. The molecule has 20 heavy (non-hydrogen) atoms. The van der Waals surface area contributed by atoms with E-state index in [2.05, 4.69) is 6.92 Å². The zero-order valence-corrected chi connectivity index (χ0v) is 12.1. The standard InChI is InChI=1S/C15H23NO4/c1-8-3-9(2)15(19)11(4-8)12-5-10(6-13(16)17)7-14(18)20-12/h8-12H,3-7H2,1-2H3,(H2,16,17)/t8-,9-,10-,11+,12-/m0/s1. The second kappa shape index (κ2) is 5.94. The third-order valence-corrected chi connectivity index (χ3v) is 4.51. The third-order valence-electron chi connectivity index (χ3n) is 4.51. The van der Waals surface area contributed by atoms with Gasteiger partial charge in [-0.25, -0.2) is 0 Å². The first kappa shape index (κ1) is 15.0. The summed E-state index contributed by atoms with van der Waals surface area (Å²) in [6.07, 6.45) is 2.29. The lowest BCUT2D eigenvalue weighted by molar-refractivity contribution is -0.164. The van der Waals surface area contributed by atoms with E-state index in [0.717, 1.165) is 12.8 Å². The van der Waals surface area contributed by atoms with E-state index in [1.54, 1.807) is 0 Å². The Morgan fingerprint density at radius 3 is 2.60 bits per heavy atom. The Bertz CT molecular complexity index is 418. The van der Waals surface area contributed by atoms with E-state index in [4.69, 9.17) is 10.5 Å². The topological polar surface area (TPSA) is 86.5 Å². The van der Waals surface area contributed by atoms with Crippen LogP contribution in [0.5, 0.6) is 0 Å². The maximum Gasteiger partial charge on any atom is 0.306 e. The molecule has 0 aromatic heterocycles. The summed E-state index contributed by atoms with van der Waals surface area (Å²) in [6.45, 7) is 4.07. The van der Waals surface area contributed by atoms with Gasteiger partial charge in [-0.1, -0.05) is 13.8 Å². The molecule has 1 amide bonds. The van der Waals surface area contributed by atoms with E-state index < -0.39 is 5.91 Å². The minimum absolute atomic E-state index is 0.0268. The fourth-order valence-electron chi connectivity index (χ4n) is 3.67. The molecular weight excluding hydrogens is 258 g/mol. The summed E-state index contributed by atoms with van der Waals surface area (Å²) >= 11 is 0. The van der Waals surface area contributed by atoms with E-state index >= 15 is 0 Å². The molecule has 5 nitrogen and oxygen atoms in total. The summed E-state index contributed by atoms with van der Waals surface area (Å²) in [5.74, 6) is -0.332.